The SMILES string of the molecule is Cc1nnc(CN=C(NCCN2CCCCC2)NC2CCCCC2)n1C.I. The van der Waals surface area contributed by atoms with Crippen molar-refractivity contribution in [3.05, 3.63) is 11.6 Å². The van der Waals surface area contributed by atoms with Crippen LogP contribution in [0.4, 0.5) is 0 Å². The second kappa shape index (κ2) is 11.8. The molecule has 154 valence electrons. The Balaban J connectivity index is 0.00000261. The smallest absolute Gasteiger partial charge is 0.191 e. The lowest BCUT2D eigenvalue weighted by molar-refractivity contribution is 0.232. The van der Waals surface area contributed by atoms with Gasteiger partial charge < -0.3 is 20.1 Å². The molecule has 2 heterocycles. The van der Waals surface area contributed by atoms with E-state index in [0.717, 1.165) is 30.7 Å². The fourth-order valence-electron chi connectivity index (χ4n) is 3.85. The third-order valence-corrected chi connectivity index (χ3v) is 5.68. The molecule has 0 atom stereocenters. The highest BCUT2D eigenvalue weighted by molar-refractivity contribution is 14.0. The zero-order valence-corrected chi connectivity index (χ0v) is 19.2. The summed E-state index contributed by atoms with van der Waals surface area (Å²) in [6, 6.07) is 0.547. The molecule has 27 heavy (non-hydrogen) atoms. The minimum atomic E-state index is 0. The first kappa shape index (κ1) is 22.4. The third kappa shape index (κ3) is 7.21. The molecular weight excluding hydrogens is 453 g/mol. The van der Waals surface area contributed by atoms with Crippen LogP contribution in [0.2, 0.25) is 0 Å². The van der Waals surface area contributed by atoms with E-state index in [0.29, 0.717) is 12.6 Å². The number of halogens is 1. The van der Waals surface area contributed by atoms with Gasteiger partial charge in [-0.15, -0.1) is 34.2 Å². The van der Waals surface area contributed by atoms with E-state index >= 15 is 0 Å². The van der Waals surface area contributed by atoms with Crippen LogP contribution in [0.3, 0.4) is 0 Å². The van der Waals surface area contributed by atoms with E-state index in [9.17, 15) is 0 Å². The van der Waals surface area contributed by atoms with Gasteiger partial charge in [0.15, 0.2) is 11.8 Å². The molecule has 1 saturated heterocycles. The quantitative estimate of drug-likeness (QED) is 0.365. The normalized spacial score (nSPS) is 19.6. The molecule has 2 aliphatic rings. The van der Waals surface area contributed by atoms with Gasteiger partial charge in [-0.3, -0.25) is 0 Å². The van der Waals surface area contributed by atoms with Gasteiger partial charge in [-0.1, -0.05) is 25.7 Å². The number of guanidine groups is 1. The molecule has 0 radical (unpaired) electrons. The van der Waals surface area contributed by atoms with Crippen LogP contribution in [0, 0.1) is 6.92 Å². The number of aryl methyl sites for hydroxylation is 1. The van der Waals surface area contributed by atoms with Crippen LogP contribution in [0.5, 0.6) is 0 Å². The number of piperidine rings is 1. The maximum Gasteiger partial charge on any atom is 0.191 e. The van der Waals surface area contributed by atoms with Crippen LogP contribution in [-0.4, -0.2) is 57.8 Å². The summed E-state index contributed by atoms with van der Waals surface area (Å²) < 4.78 is 2.01. The van der Waals surface area contributed by atoms with E-state index in [-0.39, 0.29) is 24.0 Å². The van der Waals surface area contributed by atoms with Gasteiger partial charge in [0.1, 0.15) is 12.4 Å². The highest BCUT2D eigenvalue weighted by Crippen LogP contribution is 2.17. The number of aliphatic imine (C=N–C) groups is 1. The molecule has 8 heteroatoms. The van der Waals surface area contributed by atoms with Crippen LogP contribution in [0.1, 0.15) is 63.0 Å². The number of hydrogen-bond donors (Lipinski definition) is 2. The highest BCUT2D eigenvalue weighted by atomic mass is 127. The van der Waals surface area contributed by atoms with Crippen LogP contribution in [0.25, 0.3) is 0 Å². The molecule has 1 saturated carbocycles. The van der Waals surface area contributed by atoms with E-state index in [1.165, 1.54) is 64.5 Å². The Hall–Kier alpha value is -0.900. The second-order valence-electron chi connectivity index (χ2n) is 7.70. The van der Waals surface area contributed by atoms with Crippen molar-refractivity contribution < 1.29 is 0 Å². The van der Waals surface area contributed by atoms with Crippen molar-refractivity contribution in [2.75, 3.05) is 26.2 Å². The van der Waals surface area contributed by atoms with Gasteiger partial charge >= 0.3 is 0 Å². The number of nitrogens with one attached hydrogen (secondary N) is 2. The molecule has 0 unspecified atom stereocenters. The molecule has 3 rings (SSSR count). The lowest BCUT2D eigenvalue weighted by atomic mass is 9.96. The van der Waals surface area contributed by atoms with Gasteiger partial charge in [0.2, 0.25) is 0 Å². The van der Waals surface area contributed by atoms with Gasteiger partial charge in [0.25, 0.3) is 0 Å². The topological polar surface area (TPSA) is 70.4 Å². The second-order valence-corrected chi connectivity index (χ2v) is 7.70. The fraction of sp³-hybridized carbons (Fsp3) is 0.842. The van der Waals surface area contributed by atoms with Crippen molar-refractivity contribution >= 4 is 29.9 Å². The Morgan fingerprint density at radius 1 is 1.07 bits per heavy atom. The van der Waals surface area contributed by atoms with Crippen molar-refractivity contribution in [1.29, 1.82) is 0 Å². The predicted octanol–water partition coefficient (Wildman–Crippen LogP) is 2.60. The number of nitrogens with zero attached hydrogens (tertiary/aromatic N) is 5. The standard InChI is InChI=1S/C19H35N7.HI/c1-16-23-24-18(25(16)2)15-21-19(22-17-9-5-3-6-10-17)20-11-14-26-12-7-4-8-13-26;/h17H,3-15H2,1-2H3,(H2,20,21,22);1H. The number of rotatable bonds is 6. The Morgan fingerprint density at radius 2 is 1.78 bits per heavy atom. The van der Waals surface area contributed by atoms with E-state index in [2.05, 4.69) is 25.7 Å². The summed E-state index contributed by atoms with van der Waals surface area (Å²) in [4.78, 5) is 7.35. The third-order valence-electron chi connectivity index (χ3n) is 5.68. The van der Waals surface area contributed by atoms with Gasteiger partial charge in [0.05, 0.1) is 0 Å². The average molecular weight is 489 g/mol. The van der Waals surface area contributed by atoms with Crippen molar-refractivity contribution in [3.63, 3.8) is 0 Å². The van der Waals surface area contributed by atoms with E-state index in [1.807, 2.05) is 18.5 Å². The van der Waals surface area contributed by atoms with E-state index < -0.39 is 0 Å². The van der Waals surface area contributed by atoms with Gasteiger partial charge in [-0.05, 0) is 45.7 Å². The molecule has 2 N–H and O–H groups in total. The molecule has 1 aromatic rings. The summed E-state index contributed by atoms with van der Waals surface area (Å²) in [5.41, 5.74) is 0. The van der Waals surface area contributed by atoms with Crippen molar-refractivity contribution in [3.8, 4) is 0 Å². The van der Waals surface area contributed by atoms with Crippen LogP contribution < -0.4 is 10.6 Å². The zero-order valence-electron chi connectivity index (χ0n) is 16.9. The molecule has 1 aromatic heterocycles. The molecule has 1 aliphatic heterocycles. The average Bonchev–Trinajstić information content (AvgIpc) is 2.99. The summed E-state index contributed by atoms with van der Waals surface area (Å²) >= 11 is 0. The van der Waals surface area contributed by atoms with Gasteiger partial charge in [0, 0.05) is 26.2 Å². The first-order valence-electron chi connectivity index (χ1n) is 10.3. The van der Waals surface area contributed by atoms with Gasteiger partial charge in [-0.25, -0.2) is 4.99 Å². The monoisotopic (exact) mass is 489 g/mol. The molecular formula is C19H36IN7. The Morgan fingerprint density at radius 3 is 2.44 bits per heavy atom. The fourth-order valence-corrected chi connectivity index (χ4v) is 3.85. The molecule has 0 spiro atoms. The summed E-state index contributed by atoms with van der Waals surface area (Å²) in [7, 11) is 2.00. The molecule has 0 aromatic carbocycles. The maximum atomic E-state index is 4.80. The largest absolute Gasteiger partial charge is 0.355 e. The summed E-state index contributed by atoms with van der Waals surface area (Å²) in [6.07, 6.45) is 10.6. The first-order chi connectivity index (χ1) is 12.7. The van der Waals surface area contributed by atoms with Gasteiger partial charge in [-0.2, -0.15) is 0 Å². The number of hydrogen-bond acceptors (Lipinski definition) is 4. The van der Waals surface area contributed by atoms with E-state index in [1.54, 1.807) is 0 Å². The van der Waals surface area contributed by atoms with E-state index in [4.69, 9.17) is 4.99 Å². The molecule has 2 fully saturated rings. The summed E-state index contributed by atoms with van der Waals surface area (Å²) in [5.74, 6) is 2.76. The lowest BCUT2D eigenvalue weighted by Crippen LogP contribution is -2.46. The van der Waals surface area contributed by atoms with Crippen LogP contribution >= 0.6 is 24.0 Å². The summed E-state index contributed by atoms with van der Waals surface area (Å²) in [6.45, 7) is 7.04. The van der Waals surface area contributed by atoms with Crippen LogP contribution in [0.15, 0.2) is 4.99 Å². The number of aromatic nitrogens is 3. The lowest BCUT2D eigenvalue weighted by Gasteiger charge is -2.28. The highest BCUT2D eigenvalue weighted by Gasteiger charge is 2.15. The zero-order chi connectivity index (χ0) is 18.2. The first-order valence-corrected chi connectivity index (χ1v) is 10.3. The van der Waals surface area contributed by atoms with Crippen molar-refractivity contribution in [2.24, 2.45) is 12.0 Å². The summed E-state index contributed by atoms with van der Waals surface area (Å²) in [5, 5.41) is 15.6. The molecule has 1 aliphatic carbocycles. The Bertz CT molecular complexity index is 575. The number of likely N-dealkylation sites (tertiary alicyclic amines) is 1. The molecule has 0 amide bonds. The Kier molecular flexibility index (Phi) is 9.81. The molecule has 7 nitrogen and oxygen atoms in total. The predicted molar refractivity (Wildman–Crippen MR) is 121 cm³/mol. The van der Waals surface area contributed by atoms with Crippen molar-refractivity contribution in [1.82, 2.24) is 30.3 Å². The minimum absolute atomic E-state index is 0. The molecule has 0 bridgehead atoms. The van der Waals surface area contributed by atoms with Crippen LogP contribution in [-0.2, 0) is 13.6 Å². The maximum absolute atomic E-state index is 4.80. The Labute approximate surface area is 180 Å². The van der Waals surface area contributed by atoms with Crippen molar-refractivity contribution in [2.45, 2.75) is 70.9 Å². The minimum Gasteiger partial charge on any atom is -0.355 e.